The Hall–Kier alpha value is -4.01. The Labute approximate surface area is 232 Å². The number of pyridine rings is 1. The van der Waals surface area contributed by atoms with Crippen molar-refractivity contribution in [3.63, 3.8) is 0 Å². The summed E-state index contributed by atoms with van der Waals surface area (Å²) in [6.45, 7) is 0.583. The minimum absolute atomic E-state index is 0.147. The summed E-state index contributed by atoms with van der Waals surface area (Å²) in [5.74, 6) is -0.457. The number of aliphatic hydroxyl groups is 1. The molecule has 0 spiro atoms. The van der Waals surface area contributed by atoms with Crippen LogP contribution in [-0.2, 0) is 17.8 Å². The number of unbranched alkanes of at least 4 members (excludes halogenated alkanes) is 2. The van der Waals surface area contributed by atoms with Crippen molar-refractivity contribution >= 4 is 23.2 Å². The zero-order valence-corrected chi connectivity index (χ0v) is 22.4. The molecule has 1 unspecified atom stereocenters. The number of nitrogens with zero attached hydrogens (tertiary/aromatic N) is 2. The molecule has 0 aliphatic rings. The second-order valence-corrected chi connectivity index (χ2v) is 9.97. The molecule has 0 saturated heterocycles. The number of carboxylic acids is 1. The largest absolute Gasteiger partial charge is 0.493 e. The van der Waals surface area contributed by atoms with Crippen molar-refractivity contribution in [1.82, 2.24) is 9.88 Å². The van der Waals surface area contributed by atoms with Crippen molar-refractivity contribution < 1.29 is 24.5 Å². The minimum atomic E-state index is -1.10. The number of hydrogen-bond acceptors (Lipinski definition) is 6. The lowest BCUT2D eigenvalue weighted by Gasteiger charge is -2.29. The van der Waals surface area contributed by atoms with Gasteiger partial charge < -0.3 is 19.8 Å². The van der Waals surface area contributed by atoms with E-state index in [1.807, 2.05) is 66.0 Å². The first kappa shape index (κ1) is 28.0. The highest BCUT2D eigenvalue weighted by Gasteiger charge is 2.25. The van der Waals surface area contributed by atoms with E-state index in [0.717, 1.165) is 29.5 Å². The van der Waals surface area contributed by atoms with Crippen LogP contribution in [0, 0.1) is 0 Å². The average Bonchev–Trinajstić information content (AvgIpc) is 3.49. The SMILES string of the molecule is O=C(O)CCCCCOc1ccccc1CN(C(=O)c1ccc(-c2ccsc2)cc1)C(O)Cc1ccccn1. The molecule has 1 atom stereocenters. The lowest BCUT2D eigenvalue weighted by atomic mass is 10.1. The molecular weight excluding hydrogens is 512 g/mol. The molecule has 0 saturated carbocycles. The molecule has 7 nitrogen and oxygen atoms in total. The van der Waals surface area contributed by atoms with Gasteiger partial charge in [-0.05, 0) is 77.5 Å². The molecular formula is C31H32N2O5S. The second-order valence-electron chi connectivity index (χ2n) is 9.19. The molecule has 202 valence electrons. The van der Waals surface area contributed by atoms with Gasteiger partial charge in [-0.3, -0.25) is 14.6 Å². The van der Waals surface area contributed by atoms with Gasteiger partial charge in [0, 0.05) is 35.9 Å². The number of ether oxygens (including phenoxy) is 1. The van der Waals surface area contributed by atoms with Gasteiger partial charge in [-0.2, -0.15) is 11.3 Å². The van der Waals surface area contributed by atoms with Crippen molar-refractivity contribution in [2.75, 3.05) is 6.61 Å². The fraction of sp³-hybridized carbons (Fsp3) is 0.258. The zero-order valence-electron chi connectivity index (χ0n) is 21.6. The molecule has 4 rings (SSSR count). The number of carbonyl (C=O) groups is 2. The lowest BCUT2D eigenvalue weighted by Crippen LogP contribution is -2.41. The fourth-order valence-corrected chi connectivity index (χ4v) is 4.89. The van der Waals surface area contributed by atoms with Crippen molar-refractivity contribution in [2.24, 2.45) is 0 Å². The van der Waals surface area contributed by atoms with E-state index in [1.165, 1.54) is 4.90 Å². The van der Waals surface area contributed by atoms with Crippen molar-refractivity contribution in [2.45, 2.75) is 44.9 Å². The monoisotopic (exact) mass is 544 g/mol. The first-order chi connectivity index (χ1) is 19.0. The first-order valence-electron chi connectivity index (χ1n) is 13.0. The molecule has 8 heteroatoms. The Bertz CT molecular complexity index is 1330. The van der Waals surface area contributed by atoms with E-state index in [0.29, 0.717) is 30.0 Å². The number of aliphatic hydroxyl groups excluding tert-OH is 1. The molecule has 0 fully saturated rings. The number of aliphatic carboxylic acids is 1. The Morgan fingerprint density at radius 3 is 2.44 bits per heavy atom. The van der Waals surface area contributed by atoms with Crippen LogP contribution in [-0.4, -0.2) is 44.8 Å². The molecule has 0 aliphatic carbocycles. The minimum Gasteiger partial charge on any atom is -0.493 e. The summed E-state index contributed by atoms with van der Waals surface area (Å²) in [6.07, 6.45) is 2.98. The van der Waals surface area contributed by atoms with Crippen LogP contribution < -0.4 is 4.74 Å². The van der Waals surface area contributed by atoms with E-state index in [2.05, 4.69) is 10.4 Å². The first-order valence-corrected chi connectivity index (χ1v) is 13.9. The van der Waals surface area contributed by atoms with Gasteiger partial charge in [0.1, 0.15) is 12.0 Å². The molecule has 2 heterocycles. The predicted octanol–water partition coefficient (Wildman–Crippen LogP) is 6.04. The summed E-state index contributed by atoms with van der Waals surface area (Å²) >= 11 is 1.62. The van der Waals surface area contributed by atoms with Crippen molar-refractivity contribution in [1.29, 1.82) is 0 Å². The summed E-state index contributed by atoms with van der Waals surface area (Å²) in [5.41, 5.74) is 4.05. The highest BCUT2D eigenvalue weighted by Crippen LogP contribution is 2.25. The van der Waals surface area contributed by atoms with Crippen LogP contribution in [0.2, 0.25) is 0 Å². The van der Waals surface area contributed by atoms with Crippen LogP contribution in [0.3, 0.4) is 0 Å². The number of hydrogen-bond donors (Lipinski definition) is 2. The highest BCUT2D eigenvalue weighted by molar-refractivity contribution is 7.08. The predicted molar refractivity (Wildman–Crippen MR) is 152 cm³/mol. The topological polar surface area (TPSA) is 100.0 Å². The molecule has 4 aromatic rings. The number of rotatable bonds is 14. The Morgan fingerprint density at radius 1 is 0.923 bits per heavy atom. The quantitative estimate of drug-likeness (QED) is 0.148. The standard InChI is InChI=1S/C31H32N2O5S/c34-29(20-27-9-5-6-17-32-27)33(31(37)24-14-12-23(13-15-24)26-16-19-39-22-26)21-25-8-3-4-10-28(25)38-18-7-1-2-11-30(35)36/h3-6,8-10,12-17,19,22,29,34H,1-2,7,11,18,20-21H2,(H,35,36). The Morgan fingerprint density at radius 2 is 1.72 bits per heavy atom. The number of carboxylic acid groups (broad SMARTS) is 1. The van der Waals surface area contributed by atoms with Crippen molar-refractivity contribution in [3.05, 3.63) is 107 Å². The highest BCUT2D eigenvalue weighted by atomic mass is 32.1. The normalized spacial score (nSPS) is 11.6. The summed E-state index contributed by atoms with van der Waals surface area (Å²) in [7, 11) is 0. The summed E-state index contributed by atoms with van der Waals surface area (Å²) < 4.78 is 6.01. The van der Waals surface area contributed by atoms with E-state index >= 15 is 0 Å². The molecule has 2 aromatic carbocycles. The summed E-state index contributed by atoms with van der Waals surface area (Å²) in [6, 6.07) is 22.4. The van der Waals surface area contributed by atoms with Crippen LogP contribution in [0.5, 0.6) is 5.75 Å². The number of aromatic nitrogens is 1. The van der Waals surface area contributed by atoms with Gasteiger partial charge >= 0.3 is 5.97 Å². The second kappa shape index (κ2) is 14.2. The van der Waals surface area contributed by atoms with Gasteiger partial charge in [-0.15, -0.1) is 0 Å². The molecule has 0 bridgehead atoms. The van der Waals surface area contributed by atoms with Crippen LogP contribution in [0.1, 0.15) is 47.3 Å². The van der Waals surface area contributed by atoms with Crippen LogP contribution in [0.15, 0.2) is 89.8 Å². The third kappa shape index (κ3) is 8.24. The van der Waals surface area contributed by atoms with Crippen LogP contribution >= 0.6 is 11.3 Å². The fourth-order valence-electron chi connectivity index (χ4n) is 4.22. The molecule has 2 aromatic heterocycles. The third-order valence-electron chi connectivity index (χ3n) is 6.33. The molecule has 0 radical (unpaired) electrons. The maximum absolute atomic E-state index is 13.7. The maximum atomic E-state index is 13.7. The zero-order chi connectivity index (χ0) is 27.5. The van der Waals surface area contributed by atoms with Crippen LogP contribution in [0.4, 0.5) is 0 Å². The maximum Gasteiger partial charge on any atom is 0.303 e. The van der Waals surface area contributed by atoms with Gasteiger partial charge in [0.05, 0.1) is 13.2 Å². The van der Waals surface area contributed by atoms with E-state index in [4.69, 9.17) is 9.84 Å². The smallest absolute Gasteiger partial charge is 0.303 e. The molecule has 1 amide bonds. The van der Waals surface area contributed by atoms with Gasteiger partial charge in [0.25, 0.3) is 5.91 Å². The number of benzene rings is 2. The van der Waals surface area contributed by atoms with Gasteiger partial charge in [0.15, 0.2) is 0 Å². The molecule has 2 N–H and O–H groups in total. The van der Waals surface area contributed by atoms with Gasteiger partial charge in [-0.1, -0.05) is 36.4 Å². The van der Waals surface area contributed by atoms with Gasteiger partial charge in [0.2, 0.25) is 0 Å². The number of carbonyl (C=O) groups excluding carboxylic acids is 1. The number of amides is 1. The van der Waals surface area contributed by atoms with Crippen molar-refractivity contribution in [3.8, 4) is 16.9 Å². The molecule has 0 aliphatic heterocycles. The van der Waals surface area contributed by atoms with Crippen LogP contribution in [0.25, 0.3) is 11.1 Å². The van der Waals surface area contributed by atoms with E-state index < -0.39 is 12.2 Å². The number of thiophene rings is 1. The van der Waals surface area contributed by atoms with E-state index in [9.17, 15) is 14.7 Å². The van der Waals surface area contributed by atoms with E-state index in [-0.39, 0.29) is 25.3 Å². The summed E-state index contributed by atoms with van der Waals surface area (Å²) in [4.78, 5) is 30.2. The lowest BCUT2D eigenvalue weighted by molar-refractivity contribution is -0.137. The average molecular weight is 545 g/mol. The Balaban J connectivity index is 1.51. The molecule has 39 heavy (non-hydrogen) atoms. The summed E-state index contributed by atoms with van der Waals surface area (Å²) in [5, 5.41) is 24.1. The number of para-hydroxylation sites is 1. The third-order valence-corrected chi connectivity index (χ3v) is 7.01. The Kier molecular flexibility index (Phi) is 10.2. The van der Waals surface area contributed by atoms with Gasteiger partial charge in [-0.25, -0.2) is 0 Å². The van der Waals surface area contributed by atoms with E-state index in [1.54, 1.807) is 29.7 Å².